The van der Waals surface area contributed by atoms with E-state index in [0.29, 0.717) is 12.6 Å². The van der Waals surface area contributed by atoms with Gasteiger partial charge < -0.3 is 15.3 Å². The molecule has 2 N–H and O–H groups in total. The third-order valence-electron chi connectivity index (χ3n) is 4.79. The summed E-state index contributed by atoms with van der Waals surface area (Å²) >= 11 is 0. The van der Waals surface area contributed by atoms with Gasteiger partial charge in [-0.3, -0.25) is 4.79 Å². The summed E-state index contributed by atoms with van der Waals surface area (Å²) in [5, 5.41) is 12.8. The molecule has 0 aromatic heterocycles. The van der Waals surface area contributed by atoms with Gasteiger partial charge in [0.15, 0.2) is 0 Å². The fourth-order valence-corrected chi connectivity index (χ4v) is 3.31. The van der Waals surface area contributed by atoms with Gasteiger partial charge >= 0.3 is 0 Å². The maximum absolute atomic E-state index is 12.1. The second-order valence-electron chi connectivity index (χ2n) is 6.41. The summed E-state index contributed by atoms with van der Waals surface area (Å²) in [6, 6.07) is 0.581. The zero-order chi connectivity index (χ0) is 13.8. The van der Waals surface area contributed by atoms with Crippen molar-refractivity contribution in [1.82, 2.24) is 10.2 Å². The van der Waals surface area contributed by atoms with E-state index in [1.165, 1.54) is 0 Å². The summed E-state index contributed by atoms with van der Waals surface area (Å²) in [6.45, 7) is 7.14. The highest BCUT2D eigenvalue weighted by molar-refractivity contribution is 5.78. The van der Waals surface area contributed by atoms with Crippen LogP contribution in [0.3, 0.4) is 0 Å². The number of rotatable bonds is 4. The normalized spacial score (nSPS) is 29.9. The van der Waals surface area contributed by atoms with Crippen molar-refractivity contribution in [2.45, 2.75) is 58.1 Å². The van der Waals surface area contributed by atoms with Crippen LogP contribution in [0.5, 0.6) is 0 Å². The topological polar surface area (TPSA) is 52.6 Å². The van der Waals surface area contributed by atoms with Crippen molar-refractivity contribution in [2.24, 2.45) is 11.8 Å². The second kappa shape index (κ2) is 6.71. The van der Waals surface area contributed by atoms with Crippen LogP contribution < -0.4 is 5.32 Å². The highest BCUT2D eigenvalue weighted by Gasteiger charge is 2.28. The smallest absolute Gasteiger partial charge is 0.223 e. The first-order chi connectivity index (χ1) is 9.08. The van der Waals surface area contributed by atoms with Crippen LogP contribution in [-0.4, -0.2) is 47.7 Å². The minimum absolute atomic E-state index is 0.175. The first-order valence-corrected chi connectivity index (χ1v) is 7.77. The summed E-state index contributed by atoms with van der Waals surface area (Å²) in [5.41, 5.74) is 0. The Morgan fingerprint density at radius 3 is 2.47 bits per heavy atom. The van der Waals surface area contributed by atoms with E-state index in [1.807, 2.05) is 0 Å². The maximum Gasteiger partial charge on any atom is 0.223 e. The number of likely N-dealkylation sites (tertiary alicyclic amines) is 1. The highest BCUT2D eigenvalue weighted by atomic mass is 16.3. The molecule has 0 bridgehead atoms. The Balaban J connectivity index is 1.69. The van der Waals surface area contributed by atoms with Crippen molar-refractivity contribution in [3.63, 3.8) is 0 Å². The molecule has 110 valence electrons. The average Bonchev–Trinajstić information content (AvgIpc) is 2.81. The molecule has 2 fully saturated rings. The molecule has 1 amide bonds. The monoisotopic (exact) mass is 268 g/mol. The number of aliphatic hydroxyl groups excluding tert-OH is 1. The number of hydrogen-bond acceptors (Lipinski definition) is 3. The predicted octanol–water partition coefficient (Wildman–Crippen LogP) is 1.38. The van der Waals surface area contributed by atoms with Crippen LogP contribution in [0.1, 0.15) is 46.0 Å². The van der Waals surface area contributed by atoms with Crippen LogP contribution in [0.25, 0.3) is 0 Å². The molecule has 2 rings (SSSR count). The molecule has 1 aliphatic carbocycles. The quantitative estimate of drug-likeness (QED) is 0.810. The van der Waals surface area contributed by atoms with Crippen molar-refractivity contribution in [3.05, 3.63) is 0 Å². The molecule has 0 radical (unpaired) electrons. The summed E-state index contributed by atoms with van der Waals surface area (Å²) in [7, 11) is 0. The van der Waals surface area contributed by atoms with Crippen molar-refractivity contribution >= 4 is 5.91 Å². The Labute approximate surface area is 116 Å². The molecular weight excluding hydrogens is 240 g/mol. The van der Waals surface area contributed by atoms with Crippen LogP contribution in [-0.2, 0) is 4.79 Å². The first-order valence-electron chi connectivity index (χ1n) is 7.77. The third kappa shape index (κ3) is 3.93. The fourth-order valence-electron chi connectivity index (χ4n) is 3.31. The number of nitrogens with zero attached hydrogens (tertiary/aromatic N) is 1. The molecule has 2 unspecified atom stereocenters. The van der Waals surface area contributed by atoms with Crippen LogP contribution >= 0.6 is 0 Å². The number of hydrogen-bond donors (Lipinski definition) is 2. The molecule has 2 aliphatic rings. The van der Waals surface area contributed by atoms with Gasteiger partial charge in [0.05, 0.1) is 6.10 Å². The van der Waals surface area contributed by atoms with Gasteiger partial charge in [0.25, 0.3) is 0 Å². The van der Waals surface area contributed by atoms with E-state index in [9.17, 15) is 9.90 Å². The van der Waals surface area contributed by atoms with Crippen molar-refractivity contribution in [1.29, 1.82) is 0 Å². The molecule has 0 aromatic rings. The summed E-state index contributed by atoms with van der Waals surface area (Å²) < 4.78 is 0. The first kappa shape index (κ1) is 14.8. The fraction of sp³-hybridized carbons (Fsp3) is 0.933. The van der Waals surface area contributed by atoms with Crippen LogP contribution in [0.2, 0.25) is 0 Å². The van der Waals surface area contributed by atoms with Gasteiger partial charge in [-0.15, -0.1) is 0 Å². The summed E-state index contributed by atoms with van der Waals surface area (Å²) in [5.74, 6) is 0.649. The molecule has 1 aliphatic heterocycles. The third-order valence-corrected chi connectivity index (χ3v) is 4.79. The van der Waals surface area contributed by atoms with Gasteiger partial charge in [0, 0.05) is 24.4 Å². The minimum atomic E-state index is -0.205. The van der Waals surface area contributed by atoms with E-state index >= 15 is 0 Å². The lowest BCUT2D eigenvalue weighted by Gasteiger charge is -2.34. The predicted molar refractivity (Wildman–Crippen MR) is 75.8 cm³/mol. The van der Waals surface area contributed by atoms with Gasteiger partial charge in [-0.05, 0) is 52.6 Å². The Hall–Kier alpha value is -0.610. The maximum atomic E-state index is 12.1. The zero-order valence-electron chi connectivity index (χ0n) is 12.3. The number of carbonyl (C=O) groups excluding carboxylic acids is 1. The highest BCUT2D eigenvalue weighted by Crippen LogP contribution is 2.25. The van der Waals surface area contributed by atoms with Crippen LogP contribution in [0.4, 0.5) is 0 Å². The molecular formula is C15H28N2O2. The Morgan fingerprint density at radius 2 is 1.95 bits per heavy atom. The van der Waals surface area contributed by atoms with Gasteiger partial charge in [-0.25, -0.2) is 0 Å². The van der Waals surface area contributed by atoms with Gasteiger partial charge in [0.2, 0.25) is 5.91 Å². The van der Waals surface area contributed by atoms with E-state index in [2.05, 4.69) is 24.1 Å². The van der Waals surface area contributed by atoms with Gasteiger partial charge in [-0.1, -0.05) is 6.42 Å². The zero-order valence-corrected chi connectivity index (χ0v) is 12.3. The van der Waals surface area contributed by atoms with E-state index in [0.717, 1.165) is 45.2 Å². The van der Waals surface area contributed by atoms with E-state index in [-0.39, 0.29) is 23.8 Å². The second-order valence-corrected chi connectivity index (χ2v) is 6.41. The largest absolute Gasteiger partial charge is 0.393 e. The Kier molecular flexibility index (Phi) is 5.22. The van der Waals surface area contributed by atoms with Crippen LogP contribution in [0.15, 0.2) is 0 Å². The van der Waals surface area contributed by atoms with Gasteiger partial charge in [0.1, 0.15) is 0 Å². The summed E-state index contributed by atoms with van der Waals surface area (Å²) in [6.07, 6.45) is 4.77. The number of aliphatic hydroxyl groups is 1. The number of nitrogens with one attached hydrogen (secondary N) is 1. The lowest BCUT2D eigenvalue weighted by atomic mass is 9.94. The number of piperidine rings is 1. The molecule has 0 spiro atoms. The Bertz CT molecular complexity index is 299. The molecule has 1 saturated heterocycles. The van der Waals surface area contributed by atoms with E-state index in [1.54, 1.807) is 0 Å². The number of amides is 1. The van der Waals surface area contributed by atoms with Crippen molar-refractivity contribution in [2.75, 3.05) is 19.6 Å². The Morgan fingerprint density at radius 1 is 1.26 bits per heavy atom. The molecule has 4 heteroatoms. The van der Waals surface area contributed by atoms with E-state index < -0.39 is 0 Å². The molecule has 4 nitrogen and oxygen atoms in total. The number of carbonyl (C=O) groups is 1. The molecule has 0 aromatic carbocycles. The van der Waals surface area contributed by atoms with Gasteiger partial charge in [-0.2, -0.15) is 0 Å². The SMILES string of the molecule is CC(C)N1CCC(C(=O)NCC2CCCC2O)CC1. The minimum Gasteiger partial charge on any atom is -0.393 e. The molecule has 1 heterocycles. The van der Waals surface area contributed by atoms with Crippen LogP contribution in [0, 0.1) is 11.8 Å². The standard InChI is InChI=1S/C15H28N2O2/c1-11(2)17-8-6-12(7-9-17)15(19)16-10-13-4-3-5-14(13)18/h11-14,18H,3-10H2,1-2H3,(H,16,19). The molecule has 2 atom stereocenters. The summed E-state index contributed by atoms with van der Waals surface area (Å²) in [4.78, 5) is 14.6. The molecule has 19 heavy (non-hydrogen) atoms. The van der Waals surface area contributed by atoms with E-state index in [4.69, 9.17) is 0 Å². The van der Waals surface area contributed by atoms with Crippen molar-refractivity contribution < 1.29 is 9.90 Å². The average molecular weight is 268 g/mol. The lowest BCUT2D eigenvalue weighted by Crippen LogP contribution is -2.44. The van der Waals surface area contributed by atoms with Crippen molar-refractivity contribution in [3.8, 4) is 0 Å². The molecule has 1 saturated carbocycles. The lowest BCUT2D eigenvalue weighted by molar-refractivity contribution is -0.126.